The molecule has 1 atom stereocenters. The Hall–Kier alpha value is -2.21. The fraction of sp³-hybridized carbons (Fsp3) is 0.235. The van der Waals surface area contributed by atoms with E-state index in [2.05, 4.69) is 25.9 Å². The molecule has 0 aliphatic carbocycles. The molecule has 3 rings (SSSR count). The van der Waals surface area contributed by atoms with Crippen LogP contribution in [0.1, 0.15) is 35.4 Å². The number of hydrogen-bond acceptors (Lipinski definition) is 5. The van der Waals surface area contributed by atoms with Gasteiger partial charge in [-0.2, -0.15) is 0 Å². The van der Waals surface area contributed by atoms with Gasteiger partial charge in [0, 0.05) is 5.69 Å². The third-order valence-electron chi connectivity index (χ3n) is 3.52. The lowest BCUT2D eigenvalue weighted by atomic mass is 10.1. The van der Waals surface area contributed by atoms with Crippen LogP contribution in [0.2, 0.25) is 0 Å². The van der Waals surface area contributed by atoms with Gasteiger partial charge in [-0.25, -0.2) is 4.79 Å². The fourth-order valence-corrected chi connectivity index (χ4v) is 2.74. The Balaban J connectivity index is 1.85. The van der Waals surface area contributed by atoms with Crippen LogP contribution < -0.4 is 16.4 Å². The molecule has 5 nitrogen and oxygen atoms in total. The van der Waals surface area contributed by atoms with E-state index in [1.54, 1.807) is 18.2 Å². The van der Waals surface area contributed by atoms with Gasteiger partial charge < -0.3 is 10.5 Å². The zero-order chi connectivity index (χ0) is 16.4. The van der Waals surface area contributed by atoms with E-state index in [9.17, 15) is 4.79 Å². The molecular weight excluding hydrogens is 358 g/mol. The van der Waals surface area contributed by atoms with E-state index in [-0.39, 0.29) is 12.1 Å². The van der Waals surface area contributed by atoms with Crippen LogP contribution in [0.5, 0.6) is 0 Å². The van der Waals surface area contributed by atoms with Gasteiger partial charge in [0.25, 0.3) is 0 Å². The normalized spacial score (nSPS) is 15.5. The maximum Gasteiger partial charge on any atom is 0.338 e. The average molecular weight is 374 g/mol. The summed E-state index contributed by atoms with van der Waals surface area (Å²) in [4.78, 5) is 21.0. The summed E-state index contributed by atoms with van der Waals surface area (Å²) in [5, 5.41) is 1.57. The summed E-state index contributed by atoms with van der Waals surface area (Å²) < 4.78 is 5.88. The molecule has 2 aromatic carbocycles. The van der Waals surface area contributed by atoms with Crippen LogP contribution in [0.4, 0.5) is 5.69 Å². The molecule has 0 aromatic heterocycles. The monoisotopic (exact) mass is 373 g/mol. The SMILES string of the molecule is CCCOC(=O)c1ccc([C@@H]2N=c3ccc(N)c(Br)c3=N2)cc1. The summed E-state index contributed by atoms with van der Waals surface area (Å²) in [7, 11) is 0. The number of rotatable bonds is 4. The van der Waals surface area contributed by atoms with Gasteiger partial charge in [-0.3, -0.25) is 9.98 Å². The minimum atomic E-state index is -0.316. The molecule has 6 heteroatoms. The predicted octanol–water partition coefficient (Wildman–Crippen LogP) is 2.55. The number of esters is 1. The quantitative estimate of drug-likeness (QED) is 0.660. The van der Waals surface area contributed by atoms with E-state index < -0.39 is 0 Å². The zero-order valence-electron chi connectivity index (χ0n) is 12.6. The van der Waals surface area contributed by atoms with Crippen molar-refractivity contribution in [1.82, 2.24) is 0 Å². The first-order valence-corrected chi connectivity index (χ1v) is 8.16. The molecule has 0 amide bonds. The van der Waals surface area contributed by atoms with E-state index >= 15 is 0 Å². The molecule has 1 heterocycles. The summed E-state index contributed by atoms with van der Waals surface area (Å²) in [5.74, 6) is -0.308. The number of ether oxygens (including phenoxy) is 1. The predicted molar refractivity (Wildman–Crippen MR) is 90.6 cm³/mol. The number of hydrogen-bond donors (Lipinski definition) is 1. The molecule has 0 saturated carbocycles. The fourth-order valence-electron chi connectivity index (χ4n) is 2.30. The summed E-state index contributed by atoms with van der Waals surface area (Å²) in [6.45, 7) is 2.39. The number of carbonyl (C=O) groups is 1. The van der Waals surface area contributed by atoms with Gasteiger partial charge >= 0.3 is 5.97 Å². The van der Waals surface area contributed by atoms with Gasteiger partial charge in [-0.15, -0.1) is 0 Å². The first-order chi connectivity index (χ1) is 11.1. The summed E-state index contributed by atoms with van der Waals surface area (Å²) in [6, 6.07) is 10.8. The first-order valence-electron chi connectivity index (χ1n) is 7.37. The first kappa shape index (κ1) is 15.7. The maximum absolute atomic E-state index is 11.8. The lowest BCUT2D eigenvalue weighted by Gasteiger charge is -2.06. The largest absolute Gasteiger partial charge is 0.462 e. The number of nitrogens with zero attached hydrogens (tertiary/aromatic N) is 2. The highest BCUT2D eigenvalue weighted by atomic mass is 79.9. The smallest absolute Gasteiger partial charge is 0.338 e. The second-order valence-electron chi connectivity index (χ2n) is 5.23. The van der Waals surface area contributed by atoms with E-state index in [0.29, 0.717) is 17.9 Å². The Bertz CT molecular complexity index is 863. The number of nitrogen functional groups attached to an aromatic ring is 1. The van der Waals surface area contributed by atoms with Gasteiger partial charge in [0.05, 0.1) is 22.0 Å². The van der Waals surface area contributed by atoms with Crippen molar-refractivity contribution >= 4 is 27.6 Å². The molecule has 118 valence electrons. The number of carbonyl (C=O) groups excluding carboxylic acids is 1. The van der Waals surface area contributed by atoms with Gasteiger partial charge in [0.2, 0.25) is 0 Å². The Morgan fingerprint density at radius 1 is 1.22 bits per heavy atom. The maximum atomic E-state index is 11.8. The number of fused-ring (bicyclic) bond motifs is 1. The van der Waals surface area contributed by atoms with Crippen molar-refractivity contribution < 1.29 is 9.53 Å². The lowest BCUT2D eigenvalue weighted by Crippen LogP contribution is -2.23. The van der Waals surface area contributed by atoms with E-state index in [1.807, 2.05) is 25.1 Å². The van der Waals surface area contributed by atoms with Gasteiger partial charge in [0.1, 0.15) is 5.36 Å². The molecule has 1 aliphatic heterocycles. The van der Waals surface area contributed by atoms with Crippen molar-refractivity contribution in [2.24, 2.45) is 9.98 Å². The van der Waals surface area contributed by atoms with Crippen LogP contribution in [0, 0.1) is 0 Å². The van der Waals surface area contributed by atoms with Gasteiger partial charge in [-0.1, -0.05) is 19.1 Å². The zero-order valence-corrected chi connectivity index (χ0v) is 14.2. The molecule has 0 unspecified atom stereocenters. The Morgan fingerprint density at radius 3 is 2.65 bits per heavy atom. The molecule has 2 N–H and O–H groups in total. The summed E-state index contributed by atoms with van der Waals surface area (Å²) >= 11 is 3.45. The standard InChI is InChI=1S/C17H16BrN3O2/c1-2-9-23-17(22)11-5-3-10(4-6-11)16-20-13-8-7-12(19)14(18)15(13)21-16/h3-8,16H,2,9,19H2,1H3/t16-/m1/s1. The van der Waals surface area contributed by atoms with Crippen LogP contribution in [0.15, 0.2) is 50.9 Å². The molecule has 0 spiro atoms. The van der Waals surface area contributed by atoms with Crippen molar-refractivity contribution in [2.75, 3.05) is 12.3 Å². The highest BCUT2D eigenvalue weighted by Gasteiger charge is 2.16. The summed E-state index contributed by atoms with van der Waals surface area (Å²) in [6.07, 6.45) is 0.490. The van der Waals surface area contributed by atoms with Gasteiger partial charge in [-0.05, 0) is 52.2 Å². The van der Waals surface area contributed by atoms with Crippen LogP contribution in [0.3, 0.4) is 0 Å². The third-order valence-corrected chi connectivity index (χ3v) is 4.35. The Kier molecular flexibility index (Phi) is 4.43. The molecule has 0 fully saturated rings. The molecule has 0 radical (unpaired) electrons. The highest BCUT2D eigenvalue weighted by Crippen LogP contribution is 2.22. The van der Waals surface area contributed by atoms with Crippen molar-refractivity contribution in [2.45, 2.75) is 19.5 Å². The van der Waals surface area contributed by atoms with Crippen molar-refractivity contribution in [1.29, 1.82) is 0 Å². The Morgan fingerprint density at radius 2 is 1.96 bits per heavy atom. The molecule has 0 saturated heterocycles. The van der Waals surface area contributed by atoms with Crippen LogP contribution >= 0.6 is 15.9 Å². The van der Waals surface area contributed by atoms with Crippen molar-refractivity contribution in [3.05, 3.63) is 62.7 Å². The summed E-state index contributed by atoms with van der Waals surface area (Å²) in [5.41, 5.74) is 7.95. The molecular formula is C17H16BrN3O2. The lowest BCUT2D eigenvalue weighted by molar-refractivity contribution is 0.0505. The van der Waals surface area contributed by atoms with Crippen molar-refractivity contribution in [3.8, 4) is 0 Å². The van der Waals surface area contributed by atoms with Crippen LogP contribution in [0.25, 0.3) is 0 Å². The Labute approximate surface area is 142 Å². The average Bonchev–Trinajstić information content (AvgIpc) is 3.01. The van der Waals surface area contributed by atoms with Crippen LogP contribution in [-0.2, 0) is 4.74 Å². The number of anilines is 1. The number of benzene rings is 2. The van der Waals surface area contributed by atoms with E-state index in [0.717, 1.165) is 27.2 Å². The van der Waals surface area contributed by atoms with Crippen LogP contribution in [-0.4, -0.2) is 12.6 Å². The molecule has 2 aromatic rings. The molecule has 23 heavy (non-hydrogen) atoms. The minimum Gasteiger partial charge on any atom is -0.462 e. The minimum absolute atomic E-state index is 0.308. The third kappa shape index (κ3) is 3.12. The van der Waals surface area contributed by atoms with Crippen molar-refractivity contribution in [3.63, 3.8) is 0 Å². The molecule has 1 aliphatic rings. The topological polar surface area (TPSA) is 77.0 Å². The van der Waals surface area contributed by atoms with E-state index in [4.69, 9.17) is 10.5 Å². The number of halogens is 1. The molecule has 0 bridgehead atoms. The van der Waals surface area contributed by atoms with Gasteiger partial charge in [0.15, 0.2) is 6.17 Å². The second kappa shape index (κ2) is 6.50. The second-order valence-corrected chi connectivity index (χ2v) is 6.02. The highest BCUT2D eigenvalue weighted by molar-refractivity contribution is 9.10. The van der Waals surface area contributed by atoms with E-state index in [1.165, 1.54) is 0 Å². The number of nitrogens with two attached hydrogens (primary N) is 1.